The molecule has 4 aromatic rings. The van der Waals surface area contributed by atoms with Gasteiger partial charge >= 0.3 is 0 Å². The molecule has 2 N–H and O–H groups in total. The molecule has 6 heteroatoms. The van der Waals surface area contributed by atoms with Crippen molar-refractivity contribution in [3.8, 4) is 22.8 Å². The normalized spacial score (nSPS) is 12.6. The van der Waals surface area contributed by atoms with Crippen LogP contribution >= 0.6 is 0 Å². The molecule has 2 aromatic heterocycles. The van der Waals surface area contributed by atoms with Crippen molar-refractivity contribution in [1.82, 2.24) is 14.6 Å². The van der Waals surface area contributed by atoms with Crippen molar-refractivity contribution in [3.63, 3.8) is 0 Å². The van der Waals surface area contributed by atoms with E-state index in [0.717, 1.165) is 28.0 Å². The Morgan fingerprint density at radius 2 is 1.76 bits per heavy atom. The average molecular weight is 328 g/mol. The lowest BCUT2D eigenvalue weighted by molar-refractivity contribution is 0.459. The highest BCUT2D eigenvalue weighted by Crippen LogP contribution is 2.39. The predicted octanol–water partition coefficient (Wildman–Crippen LogP) is 3.29. The van der Waals surface area contributed by atoms with Gasteiger partial charge in [-0.05, 0) is 30.3 Å². The van der Waals surface area contributed by atoms with E-state index in [9.17, 15) is 10.2 Å². The number of aromatic hydroxyl groups is 2. The summed E-state index contributed by atoms with van der Waals surface area (Å²) in [5.74, 6) is 0.113. The number of fused-ring (bicyclic) bond motifs is 2. The van der Waals surface area contributed by atoms with Crippen molar-refractivity contribution >= 4 is 16.9 Å². The lowest BCUT2D eigenvalue weighted by Crippen LogP contribution is -2.03. The number of hydrogen-bond donors (Lipinski definition) is 2. The number of rotatable bonds is 1. The summed E-state index contributed by atoms with van der Waals surface area (Å²) < 4.78 is 1.75. The van der Waals surface area contributed by atoms with Crippen LogP contribution < -0.4 is 0 Å². The van der Waals surface area contributed by atoms with Gasteiger partial charge in [0.15, 0.2) is 0 Å². The number of benzene rings is 2. The topological polar surface area (TPSA) is 83.0 Å². The van der Waals surface area contributed by atoms with Crippen LogP contribution in [-0.2, 0) is 0 Å². The molecule has 5 rings (SSSR count). The van der Waals surface area contributed by atoms with Gasteiger partial charge in [0, 0.05) is 22.9 Å². The number of hydrogen-bond acceptors (Lipinski definition) is 5. The summed E-state index contributed by atoms with van der Waals surface area (Å²) in [6.45, 7) is 0. The molecule has 1 aliphatic rings. The minimum Gasteiger partial charge on any atom is -0.508 e. The molecule has 0 radical (unpaired) electrons. The molecule has 0 saturated heterocycles. The molecule has 3 heterocycles. The minimum atomic E-state index is 0.0497. The third-order valence-electron chi connectivity index (χ3n) is 4.34. The monoisotopic (exact) mass is 328 g/mol. The Hall–Kier alpha value is -3.67. The van der Waals surface area contributed by atoms with Gasteiger partial charge < -0.3 is 10.2 Å². The van der Waals surface area contributed by atoms with Crippen LogP contribution in [0, 0.1) is 0 Å². The maximum absolute atomic E-state index is 10.3. The first kappa shape index (κ1) is 13.7. The van der Waals surface area contributed by atoms with E-state index in [1.807, 2.05) is 36.5 Å². The van der Waals surface area contributed by atoms with Crippen LogP contribution in [0.4, 0.5) is 5.69 Å². The predicted molar refractivity (Wildman–Crippen MR) is 93.5 cm³/mol. The Balaban J connectivity index is 1.94. The van der Waals surface area contributed by atoms with Gasteiger partial charge in [0.25, 0.3) is 0 Å². The zero-order chi connectivity index (χ0) is 17.0. The summed E-state index contributed by atoms with van der Waals surface area (Å²) >= 11 is 0. The first-order valence-corrected chi connectivity index (χ1v) is 7.75. The molecule has 6 nitrogen and oxygen atoms in total. The molecule has 25 heavy (non-hydrogen) atoms. The highest BCUT2D eigenvalue weighted by atomic mass is 16.3. The Morgan fingerprint density at radius 1 is 0.880 bits per heavy atom. The van der Waals surface area contributed by atoms with E-state index in [1.165, 1.54) is 24.5 Å². The number of phenols is 2. The number of aromatic nitrogens is 3. The zero-order valence-corrected chi connectivity index (χ0v) is 13.0. The van der Waals surface area contributed by atoms with Crippen molar-refractivity contribution in [3.05, 3.63) is 72.2 Å². The lowest BCUT2D eigenvalue weighted by atomic mass is 10.0. The third kappa shape index (κ3) is 1.94. The summed E-state index contributed by atoms with van der Waals surface area (Å²) in [4.78, 5) is 9.25. The van der Waals surface area contributed by atoms with Crippen molar-refractivity contribution in [2.75, 3.05) is 0 Å². The van der Waals surface area contributed by atoms with E-state index in [4.69, 9.17) is 4.99 Å². The van der Waals surface area contributed by atoms with Gasteiger partial charge in [0.1, 0.15) is 29.0 Å². The van der Waals surface area contributed by atoms with E-state index in [1.54, 1.807) is 4.52 Å². The summed E-state index contributed by atoms with van der Waals surface area (Å²) in [6, 6.07) is 14.0. The molecule has 120 valence electrons. The molecule has 0 saturated carbocycles. The summed E-state index contributed by atoms with van der Waals surface area (Å²) in [6.07, 6.45) is 3.35. The van der Waals surface area contributed by atoms with Crippen LogP contribution in [0.15, 0.2) is 66.0 Å². The molecular weight excluding hydrogens is 316 g/mol. The summed E-state index contributed by atoms with van der Waals surface area (Å²) in [7, 11) is 0. The molecule has 1 aliphatic heterocycles. The number of phenolic OH excluding ortho intramolecular Hbond substituents is 2. The highest BCUT2D eigenvalue weighted by molar-refractivity contribution is 6.21. The van der Waals surface area contributed by atoms with Crippen LogP contribution in [0.25, 0.3) is 16.8 Å². The number of nitrogens with zero attached hydrogens (tertiary/aromatic N) is 4. The summed E-state index contributed by atoms with van der Waals surface area (Å²) in [5.41, 5.74) is 5.06. The van der Waals surface area contributed by atoms with Crippen LogP contribution in [0.1, 0.15) is 11.1 Å². The first-order valence-electron chi connectivity index (χ1n) is 7.75. The van der Waals surface area contributed by atoms with E-state index in [0.29, 0.717) is 11.3 Å². The molecule has 0 aliphatic carbocycles. The zero-order valence-electron chi connectivity index (χ0n) is 13.0. The second-order valence-corrected chi connectivity index (χ2v) is 5.81. The minimum absolute atomic E-state index is 0.0497. The van der Waals surface area contributed by atoms with E-state index < -0.39 is 0 Å². The molecule has 2 aromatic carbocycles. The van der Waals surface area contributed by atoms with Crippen LogP contribution in [0.3, 0.4) is 0 Å². The SMILES string of the molecule is Oc1ccc(O)c(C2=Nc3ccccc3-c3ncnn4ccc2c34)c1. The fourth-order valence-corrected chi connectivity index (χ4v) is 3.21. The van der Waals surface area contributed by atoms with E-state index in [2.05, 4.69) is 10.1 Å². The van der Waals surface area contributed by atoms with Crippen molar-refractivity contribution in [2.45, 2.75) is 0 Å². The molecule has 0 fully saturated rings. The van der Waals surface area contributed by atoms with Gasteiger partial charge in [-0.1, -0.05) is 18.2 Å². The fourth-order valence-electron chi connectivity index (χ4n) is 3.21. The molecule has 0 atom stereocenters. The second kappa shape index (κ2) is 4.91. The largest absolute Gasteiger partial charge is 0.508 e. The van der Waals surface area contributed by atoms with Gasteiger partial charge in [-0.2, -0.15) is 5.10 Å². The molecule has 0 unspecified atom stereocenters. The van der Waals surface area contributed by atoms with Crippen molar-refractivity contribution in [1.29, 1.82) is 0 Å². The second-order valence-electron chi connectivity index (χ2n) is 5.81. The van der Waals surface area contributed by atoms with Crippen LogP contribution in [-0.4, -0.2) is 30.5 Å². The quantitative estimate of drug-likeness (QED) is 0.463. The summed E-state index contributed by atoms with van der Waals surface area (Å²) in [5, 5.41) is 24.5. The Morgan fingerprint density at radius 3 is 2.68 bits per heavy atom. The average Bonchev–Trinajstić information content (AvgIpc) is 3.00. The smallest absolute Gasteiger partial charge is 0.137 e. The number of aliphatic imine (C=N–C) groups is 1. The van der Waals surface area contributed by atoms with Crippen LogP contribution in [0.2, 0.25) is 0 Å². The van der Waals surface area contributed by atoms with Gasteiger partial charge in [-0.15, -0.1) is 0 Å². The van der Waals surface area contributed by atoms with Crippen molar-refractivity contribution in [2.24, 2.45) is 4.99 Å². The van der Waals surface area contributed by atoms with Gasteiger partial charge in [-0.3, -0.25) is 0 Å². The Bertz CT molecular complexity index is 1180. The third-order valence-corrected chi connectivity index (χ3v) is 4.34. The lowest BCUT2D eigenvalue weighted by Gasteiger charge is -2.08. The molecular formula is C19H12N4O2. The van der Waals surface area contributed by atoms with Gasteiger partial charge in [-0.25, -0.2) is 14.5 Å². The van der Waals surface area contributed by atoms with E-state index in [-0.39, 0.29) is 11.5 Å². The Labute approximate surface area is 142 Å². The fraction of sp³-hybridized carbons (Fsp3) is 0. The standard InChI is InChI=1S/C19H12N4O2/c24-11-5-6-16(25)14(9-11)17-13-7-8-23-19(13)18(20-10-21-23)12-3-1-2-4-15(12)22-17/h1-10,24-25H. The maximum atomic E-state index is 10.3. The van der Waals surface area contributed by atoms with Crippen LogP contribution in [0.5, 0.6) is 11.5 Å². The molecule has 0 spiro atoms. The van der Waals surface area contributed by atoms with Gasteiger partial charge in [0.2, 0.25) is 0 Å². The van der Waals surface area contributed by atoms with Crippen molar-refractivity contribution < 1.29 is 10.2 Å². The number of para-hydroxylation sites is 1. The highest BCUT2D eigenvalue weighted by Gasteiger charge is 2.24. The molecule has 0 amide bonds. The molecule has 0 bridgehead atoms. The maximum Gasteiger partial charge on any atom is 0.137 e. The first-order chi connectivity index (χ1) is 12.2. The van der Waals surface area contributed by atoms with Gasteiger partial charge in [0.05, 0.1) is 11.4 Å². The Kier molecular flexibility index (Phi) is 2.70. The van der Waals surface area contributed by atoms with E-state index >= 15 is 0 Å².